The second-order valence-electron chi connectivity index (χ2n) is 2.61. The van der Waals surface area contributed by atoms with Gasteiger partial charge in [-0.15, -0.1) is 0 Å². The molecule has 0 fully saturated rings. The normalized spacial score (nSPS) is 8.93. The van der Waals surface area contributed by atoms with Crippen molar-refractivity contribution >= 4 is 11.7 Å². The van der Waals surface area contributed by atoms with E-state index in [2.05, 4.69) is 11.8 Å². The van der Waals surface area contributed by atoms with Gasteiger partial charge in [0.05, 0.1) is 5.69 Å². The molecule has 14 heavy (non-hydrogen) atoms. The summed E-state index contributed by atoms with van der Waals surface area (Å²) in [5, 5.41) is 8.30. The molecule has 0 bridgehead atoms. The monoisotopic (exact) mass is 193 g/mol. The number of hydrogen-bond donors (Lipinski definition) is 2. The lowest BCUT2D eigenvalue weighted by atomic mass is 10.2. The van der Waals surface area contributed by atoms with E-state index in [1.807, 2.05) is 0 Å². The molecule has 0 saturated heterocycles. The molecule has 0 aromatic heterocycles. The minimum absolute atomic E-state index is 0.00660. The summed E-state index contributed by atoms with van der Waals surface area (Å²) in [6, 6.07) is 4.00. The number of anilines is 1. The number of halogens is 1. The standard InChI is InChI=1S/C10H8FNO2/c11-8-5-4-7(6-9(8)12)2-1-3-10(13)14/h4-6H,3,12H2,(H,13,14). The molecule has 1 aromatic rings. The van der Waals surface area contributed by atoms with E-state index in [4.69, 9.17) is 10.8 Å². The highest BCUT2D eigenvalue weighted by atomic mass is 19.1. The fourth-order valence-corrected chi connectivity index (χ4v) is 0.843. The summed E-state index contributed by atoms with van der Waals surface area (Å²) in [7, 11) is 0. The third kappa shape index (κ3) is 2.79. The molecular formula is C10H8FNO2. The molecule has 72 valence electrons. The maximum Gasteiger partial charge on any atom is 0.315 e. The van der Waals surface area contributed by atoms with Crippen molar-refractivity contribution in [1.29, 1.82) is 0 Å². The molecular weight excluding hydrogens is 185 g/mol. The van der Waals surface area contributed by atoms with Crippen molar-refractivity contribution in [3.05, 3.63) is 29.6 Å². The van der Waals surface area contributed by atoms with E-state index < -0.39 is 11.8 Å². The number of nitrogens with two attached hydrogens (primary N) is 1. The molecule has 0 radical (unpaired) electrons. The number of benzene rings is 1. The zero-order valence-electron chi connectivity index (χ0n) is 7.25. The molecule has 1 aromatic carbocycles. The van der Waals surface area contributed by atoms with Gasteiger partial charge in [-0.1, -0.05) is 11.8 Å². The first kappa shape index (κ1) is 10.1. The topological polar surface area (TPSA) is 63.3 Å². The molecule has 0 saturated carbocycles. The number of nitrogen functional groups attached to an aromatic ring is 1. The minimum Gasteiger partial charge on any atom is -0.481 e. The number of carboxylic acids is 1. The molecule has 0 atom stereocenters. The lowest BCUT2D eigenvalue weighted by Gasteiger charge is -1.95. The lowest BCUT2D eigenvalue weighted by Crippen LogP contribution is -1.92. The summed E-state index contributed by atoms with van der Waals surface area (Å²) < 4.78 is 12.7. The van der Waals surface area contributed by atoms with E-state index >= 15 is 0 Å². The van der Waals surface area contributed by atoms with E-state index in [9.17, 15) is 9.18 Å². The summed E-state index contributed by atoms with van der Waals surface area (Å²) in [4.78, 5) is 10.1. The predicted octanol–water partition coefficient (Wildman–Crippen LogP) is 1.23. The minimum atomic E-state index is -0.993. The van der Waals surface area contributed by atoms with E-state index in [0.29, 0.717) is 5.56 Å². The largest absolute Gasteiger partial charge is 0.481 e. The Hall–Kier alpha value is -2.02. The fraction of sp³-hybridized carbons (Fsp3) is 0.100. The van der Waals surface area contributed by atoms with Gasteiger partial charge in [0.1, 0.15) is 12.2 Å². The Kier molecular flexibility index (Phi) is 3.08. The first-order valence-corrected chi connectivity index (χ1v) is 3.85. The van der Waals surface area contributed by atoms with Gasteiger partial charge in [-0.3, -0.25) is 4.79 Å². The Morgan fingerprint density at radius 3 is 2.86 bits per heavy atom. The van der Waals surface area contributed by atoms with Crippen LogP contribution in [0.25, 0.3) is 0 Å². The lowest BCUT2D eigenvalue weighted by molar-refractivity contribution is -0.135. The average molecular weight is 193 g/mol. The molecule has 4 heteroatoms. The highest BCUT2D eigenvalue weighted by molar-refractivity contribution is 5.70. The third-order valence-electron chi connectivity index (χ3n) is 1.47. The van der Waals surface area contributed by atoms with Crippen LogP contribution in [0.2, 0.25) is 0 Å². The van der Waals surface area contributed by atoms with Gasteiger partial charge < -0.3 is 10.8 Å². The highest BCUT2D eigenvalue weighted by Gasteiger charge is 1.96. The maximum atomic E-state index is 12.7. The second-order valence-corrected chi connectivity index (χ2v) is 2.61. The Morgan fingerprint density at radius 2 is 2.29 bits per heavy atom. The van der Waals surface area contributed by atoms with Crippen LogP contribution in [0.4, 0.5) is 10.1 Å². The second kappa shape index (κ2) is 4.28. The van der Waals surface area contributed by atoms with E-state index in [-0.39, 0.29) is 12.1 Å². The van der Waals surface area contributed by atoms with Gasteiger partial charge in [0.2, 0.25) is 0 Å². The van der Waals surface area contributed by atoms with Crippen LogP contribution < -0.4 is 5.73 Å². The summed E-state index contributed by atoms with van der Waals surface area (Å²) in [6.45, 7) is 0. The van der Waals surface area contributed by atoms with Gasteiger partial charge in [-0.25, -0.2) is 4.39 Å². The van der Waals surface area contributed by atoms with Crippen LogP contribution in [0.1, 0.15) is 12.0 Å². The number of carboxylic acid groups (broad SMARTS) is 1. The molecule has 0 aliphatic carbocycles. The number of aliphatic carboxylic acids is 1. The smallest absolute Gasteiger partial charge is 0.315 e. The van der Waals surface area contributed by atoms with Crippen molar-refractivity contribution in [2.75, 3.05) is 5.73 Å². The summed E-state index contributed by atoms with van der Waals surface area (Å²) in [5.41, 5.74) is 5.80. The van der Waals surface area contributed by atoms with Crippen molar-refractivity contribution in [3.63, 3.8) is 0 Å². The predicted molar refractivity (Wildman–Crippen MR) is 49.9 cm³/mol. The molecule has 0 aliphatic rings. The Bertz CT molecular complexity index is 418. The zero-order valence-corrected chi connectivity index (χ0v) is 7.25. The van der Waals surface area contributed by atoms with Crippen LogP contribution in [-0.4, -0.2) is 11.1 Å². The van der Waals surface area contributed by atoms with Crippen LogP contribution in [0.5, 0.6) is 0 Å². The van der Waals surface area contributed by atoms with Crippen LogP contribution in [0.3, 0.4) is 0 Å². The first-order chi connectivity index (χ1) is 6.59. The summed E-state index contributed by atoms with van der Waals surface area (Å²) in [6.07, 6.45) is -0.239. The van der Waals surface area contributed by atoms with Crippen LogP contribution >= 0.6 is 0 Å². The number of hydrogen-bond acceptors (Lipinski definition) is 2. The molecule has 1 rings (SSSR count). The van der Waals surface area contributed by atoms with E-state index in [0.717, 1.165) is 0 Å². The van der Waals surface area contributed by atoms with Gasteiger partial charge in [0.25, 0.3) is 0 Å². The zero-order chi connectivity index (χ0) is 10.6. The van der Waals surface area contributed by atoms with Crippen molar-refractivity contribution in [2.45, 2.75) is 6.42 Å². The van der Waals surface area contributed by atoms with Crippen LogP contribution in [-0.2, 0) is 4.79 Å². The Labute approximate surface area is 80.4 Å². The van der Waals surface area contributed by atoms with Crippen molar-refractivity contribution in [2.24, 2.45) is 0 Å². The first-order valence-electron chi connectivity index (χ1n) is 3.85. The van der Waals surface area contributed by atoms with Gasteiger partial charge in [-0.2, -0.15) is 0 Å². The van der Waals surface area contributed by atoms with Gasteiger partial charge in [0, 0.05) is 5.56 Å². The third-order valence-corrected chi connectivity index (χ3v) is 1.47. The van der Waals surface area contributed by atoms with E-state index in [1.54, 1.807) is 0 Å². The summed E-state index contributed by atoms with van der Waals surface area (Å²) >= 11 is 0. The van der Waals surface area contributed by atoms with Crippen molar-refractivity contribution in [1.82, 2.24) is 0 Å². The van der Waals surface area contributed by atoms with Crippen molar-refractivity contribution in [3.8, 4) is 11.8 Å². The van der Waals surface area contributed by atoms with Crippen molar-refractivity contribution < 1.29 is 14.3 Å². The Morgan fingerprint density at radius 1 is 1.57 bits per heavy atom. The Balaban J connectivity index is 2.81. The molecule has 0 unspecified atom stereocenters. The van der Waals surface area contributed by atoms with E-state index in [1.165, 1.54) is 18.2 Å². The molecule has 0 spiro atoms. The maximum absolute atomic E-state index is 12.7. The van der Waals surface area contributed by atoms with Crippen LogP contribution in [0, 0.1) is 17.7 Å². The molecule has 0 amide bonds. The summed E-state index contributed by atoms with van der Waals surface area (Å²) in [5.74, 6) is 3.49. The van der Waals surface area contributed by atoms with Gasteiger partial charge in [-0.05, 0) is 18.2 Å². The van der Waals surface area contributed by atoms with Gasteiger partial charge in [0.15, 0.2) is 0 Å². The average Bonchev–Trinajstić information content (AvgIpc) is 2.10. The SMILES string of the molecule is Nc1cc(C#CCC(=O)O)ccc1F. The van der Waals surface area contributed by atoms with Crippen LogP contribution in [0.15, 0.2) is 18.2 Å². The molecule has 0 aliphatic heterocycles. The fourth-order valence-electron chi connectivity index (χ4n) is 0.843. The number of carbonyl (C=O) groups is 1. The molecule has 3 N–H and O–H groups in total. The molecule has 0 heterocycles. The molecule has 3 nitrogen and oxygen atoms in total. The van der Waals surface area contributed by atoms with Gasteiger partial charge >= 0.3 is 5.97 Å². The highest BCUT2D eigenvalue weighted by Crippen LogP contribution is 2.10. The quantitative estimate of drug-likeness (QED) is 0.521. The number of rotatable bonds is 1.